The van der Waals surface area contributed by atoms with Crippen LogP contribution in [-0.4, -0.2) is 16.8 Å². The Morgan fingerprint density at radius 1 is 0.964 bits per heavy atom. The average molecular weight is 394 g/mol. The maximum absolute atomic E-state index is 12.5. The highest BCUT2D eigenvalue weighted by Gasteiger charge is 2.13. The van der Waals surface area contributed by atoms with Gasteiger partial charge < -0.3 is 10.6 Å². The molecule has 6 heteroatoms. The number of amides is 2. The Hall–Kier alpha value is -3.18. The van der Waals surface area contributed by atoms with Crippen molar-refractivity contribution in [2.24, 2.45) is 0 Å². The van der Waals surface area contributed by atoms with Crippen LogP contribution in [0.4, 0.5) is 5.69 Å². The van der Waals surface area contributed by atoms with Crippen molar-refractivity contribution in [3.8, 4) is 0 Å². The number of pyridine rings is 1. The van der Waals surface area contributed by atoms with Crippen LogP contribution < -0.4 is 10.6 Å². The van der Waals surface area contributed by atoms with E-state index in [1.54, 1.807) is 12.1 Å². The van der Waals surface area contributed by atoms with Crippen molar-refractivity contribution in [2.45, 2.75) is 20.4 Å². The Balaban J connectivity index is 1.68. The monoisotopic (exact) mass is 393 g/mol. The van der Waals surface area contributed by atoms with E-state index in [9.17, 15) is 9.59 Å². The predicted octanol–water partition coefficient (Wildman–Crippen LogP) is 4.53. The van der Waals surface area contributed by atoms with Crippen LogP contribution in [0.3, 0.4) is 0 Å². The molecular formula is C22H20ClN3O2. The van der Waals surface area contributed by atoms with Gasteiger partial charge in [0.25, 0.3) is 11.8 Å². The fourth-order valence-electron chi connectivity index (χ4n) is 2.63. The van der Waals surface area contributed by atoms with Gasteiger partial charge in [-0.05, 0) is 60.9 Å². The Bertz CT molecular complexity index is 1030. The molecule has 1 heterocycles. The van der Waals surface area contributed by atoms with Crippen molar-refractivity contribution in [2.75, 3.05) is 5.32 Å². The molecule has 0 fully saturated rings. The Labute approximate surface area is 168 Å². The maximum atomic E-state index is 12.5. The molecule has 0 spiro atoms. The summed E-state index contributed by atoms with van der Waals surface area (Å²) >= 11 is 6.10. The number of nitrogens with zero attached hydrogens (tertiary/aromatic N) is 1. The second-order valence-corrected chi connectivity index (χ2v) is 6.86. The zero-order valence-corrected chi connectivity index (χ0v) is 16.4. The van der Waals surface area contributed by atoms with Crippen molar-refractivity contribution >= 4 is 29.1 Å². The minimum Gasteiger partial charge on any atom is -0.348 e. The number of anilines is 1. The number of carbonyl (C=O) groups excluding carboxylic acids is 2. The van der Waals surface area contributed by atoms with Gasteiger partial charge in [-0.2, -0.15) is 0 Å². The van der Waals surface area contributed by atoms with Crippen LogP contribution >= 0.6 is 11.6 Å². The lowest BCUT2D eigenvalue weighted by atomic mass is 10.1. The minimum absolute atomic E-state index is 0.170. The van der Waals surface area contributed by atoms with Crippen LogP contribution in [0.25, 0.3) is 0 Å². The highest BCUT2D eigenvalue weighted by atomic mass is 35.5. The number of carbonyl (C=O) groups is 2. The van der Waals surface area contributed by atoms with E-state index in [2.05, 4.69) is 15.6 Å². The number of halogens is 1. The minimum atomic E-state index is -0.371. The van der Waals surface area contributed by atoms with Gasteiger partial charge in [-0.25, -0.2) is 0 Å². The SMILES string of the molecule is Cc1ccc(NC(=O)c2cc(C(=O)NCc3ccccc3Cl)ccn2)cc1C. The van der Waals surface area contributed by atoms with Gasteiger partial charge in [0.1, 0.15) is 5.69 Å². The number of aryl methyl sites for hydroxylation is 2. The van der Waals surface area contributed by atoms with Crippen molar-refractivity contribution in [3.05, 3.63) is 93.8 Å². The average Bonchev–Trinajstić information content (AvgIpc) is 2.70. The van der Waals surface area contributed by atoms with E-state index < -0.39 is 0 Å². The molecule has 2 amide bonds. The summed E-state index contributed by atoms with van der Waals surface area (Å²) in [5.41, 5.74) is 4.26. The summed E-state index contributed by atoms with van der Waals surface area (Å²) in [5, 5.41) is 6.20. The number of nitrogens with one attached hydrogen (secondary N) is 2. The molecule has 2 aromatic carbocycles. The third kappa shape index (κ3) is 4.75. The van der Waals surface area contributed by atoms with Crippen molar-refractivity contribution in [1.82, 2.24) is 10.3 Å². The van der Waals surface area contributed by atoms with Crippen LogP contribution in [0.2, 0.25) is 5.02 Å². The van der Waals surface area contributed by atoms with E-state index in [-0.39, 0.29) is 17.5 Å². The summed E-state index contributed by atoms with van der Waals surface area (Å²) < 4.78 is 0. The first kappa shape index (κ1) is 19.6. The van der Waals surface area contributed by atoms with E-state index in [1.807, 2.05) is 50.2 Å². The first-order valence-electron chi connectivity index (χ1n) is 8.80. The molecule has 142 valence electrons. The molecule has 0 aliphatic carbocycles. The largest absolute Gasteiger partial charge is 0.348 e. The molecule has 1 aromatic heterocycles. The van der Waals surface area contributed by atoms with Gasteiger partial charge in [-0.15, -0.1) is 0 Å². The number of hydrogen-bond donors (Lipinski definition) is 2. The molecule has 0 bridgehead atoms. The second kappa shape index (κ2) is 8.67. The van der Waals surface area contributed by atoms with Crippen molar-refractivity contribution in [3.63, 3.8) is 0 Å². The van der Waals surface area contributed by atoms with Gasteiger partial charge in [-0.3, -0.25) is 14.6 Å². The summed E-state index contributed by atoms with van der Waals surface area (Å²) in [5.74, 6) is -0.674. The molecule has 0 atom stereocenters. The van der Waals surface area contributed by atoms with Gasteiger partial charge in [-0.1, -0.05) is 35.9 Å². The fraction of sp³-hybridized carbons (Fsp3) is 0.136. The molecule has 3 rings (SSSR count). The first-order chi connectivity index (χ1) is 13.4. The lowest BCUT2D eigenvalue weighted by Crippen LogP contribution is -2.24. The van der Waals surface area contributed by atoms with E-state index in [1.165, 1.54) is 12.3 Å². The first-order valence-corrected chi connectivity index (χ1v) is 9.18. The Kier molecular flexibility index (Phi) is 6.06. The Morgan fingerprint density at radius 2 is 1.75 bits per heavy atom. The number of hydrogen-bond acceptors (Lipinski definition) is 3. The molecule has 3 aromatic rings. The number of benzene rings is 2. The van der Waals surface area contributed by atoms with E-state index >= 15 is 0 Å². The van der Waals surface area contributed by atoms with E-state index in [4.69, 9.17) is 11.6 Å². The van der Waals surface area contributed by atoms with Gasteiger partial charge in [0.2, 0.25) is 0 Å². The lowest BCUT2D eigenvalue weighted by Gasteiger charge is -2.09. The van der Waals surface area contributed by atoms with E-state index in [0.717, 1.165) is 16.7 Å². The highest BCUT2D eigenvalue weighted by molar-refractivity contribution is 6.31. The summed E-state index contributed by atoms with van der Waals surface area (Å²) in [6.45, 7) is 4.28. The maximum Gasteiger partial charge on any atom is 0.274 e. The Morgan fingerprint density at radius 3 is 2.50 bits per heavy atom. The van der Waals surface area contributed by atoms with Gasteiger partial charge in [0.05, 0.1) is 0 Å². The third-order valence-corrected chi connectivity index (χ3v) is 4.79. The number of aromatic nitrogens is 1. The molecule has 2 N–H and O–H groups in total. The van der Waals surface area contributed by atoms with Crippen molar-refractivity contribution < 1.29 is 9.59 Å². The van der Waals surface area contributed by atoms with Gasteiger partial charge >= 0.3 is 0 Å². The summed E-state index contributed by atoms with van der Waals surface area (Å²) in [6, 6.07) is 16.0. The molecule has 0 saturated heterocycles. The molecule has 0 aliphatic heterocycles. The van der Waals surface area contributed by atoms with Gasteiger partial charge in [0, 0.05) is 29.0 Å². The molecular weight excluding hydrogens is 374 g/mol. The molecule has 0 aliphatic rings. The second-order valence-electron chi connectivity index (χ2n) is 6.46. The van der Waals surface area contributed by atoms with Crippen LogP contribution in [0.1, 0.15) is 37.5 Å². The smallest absolute Gasteiger partial charge is 0.274 e. The number of rotatable bonds is 5. The standard InChI is InChI=1S/C22H20ClN3O2/c1-14-7-8-18(11-15(14)2)26-22(28)20-12-16(9-10-24-20)21(27)25-13-17-5-3-4-6-19(17)23/h3-12H,13H2,1-2H3,(H,25,27)(H,26,28). The molecule has 5 nitrogen and oxygen atoms in total. The van der Waals surface area contributed by atoms with Crippen LogP contribution in [0, 0.1) is 13.8 Å². The normalized spacial score (nSPS) is 10.4. The van der Waals surface area contributed by atoms with E-state index in [0.29, 0.717) is 22.8 Å². The highest BCUT2D eigenvalue weighted by Crippen LogP contribution is 2.16. The zero-order valence-electron chi connectivity index (χ0n) is 15.6. The topological polar surface area (TPSA) is 71.1 Å². The molecule has 0 saturated carbocycles. The fourth-order valence-corrected chi connectivity index (χ4v) is 2.83. The summed E-state index contributed by atoms with van der Waals surface area (Å²) in [6.07, 6.45) is 1.44. The summed E-state index contributed by atoms with van der Waals surface area (Å²) in [4.78, 5) is 29.0. The lowest BCUT2D eigenvalue weighted by molar-refractivity contribution is 0.0951. The molecule has 0 unspecified atom stereocenters. The van der Waals surface area contributed by atoms with Crippen LogP contribution in [-0.2, 0) is 6.54 Å². The zero-order chi connectivity index (χ0) is 20.1. The molecule has 28 heavy (non-hydrogen) atoms. The molecule has 0 radical (unpaired) electrons. The predicted molar refractivity (Wildman–Crippen MR) is 111 cm³/mol. The van der Waals surface area contributed by atoms with Crippen LogP contribution in [0.5, 0.6) is 0 Å². The quantitative estimate of drug-likeness (QED) is 0.668. The van der Waals surface area contributed by atoms with Crippen LogP contribution in [0.15, 0.2) is 60.8 Å². The van der Waals surface area contributed by atoms with Crippen molar-refractivity contribution in [1.29, 1.82) is 0 Å². The van der Waals surface area contributed by atoms with Gasteiger partial charge in [0.15, 0.2) is 0 Å². The third-order valence-electron chi connectivity index (χ3n) is 4.42. The summed E-state index contributed by atoms with van der Waals surface area (Å²) in [7, 11) is 0.